The minimum Gasteiger partial charge on any atom is -0.497 e. The van der Waals surface area contributed by atoms with Gasteiger partial charge in [-0.1, -0.05) is 37.7 Å². The van der Waals surface area contributed by atoms with Gasteiger partial charge in [-0.3, -0.25) is 14.7 Å². The van der Waals surface area contributed by atoms with Gasteiger partial charge in [-0.15, -0.1) is 0 Å². The molecule has 0 aliphatic rings. The zero-order valence-corrected chi connectivity index (χ0v) is 19.6. The van der Waals surface area contributed by atoms with Crippen LogP contribution in [0.3, 0.4) is 0 Å². The van der Waals surface area contributed by atoms with Gasteiger partial charge < -0.3 is 9.47 Å². The molecular weight excluding hydrogens is 440 g/mol. The molecule has 2 aromatic heterocycles. The van der Waals surface area contributed by atoms with Crippen molar-refractivity contribution in [3.05, 3.63) is 70.0 Å². The lowest BCUT2D eigenvalue weighted by Crippen LogP contribution is -2.14. The Hall–Kier alpha value is -3.59. The number of hydrogen-bond acceptors (Lipinski definition) is 7. The Morgan fingerprint density at radius 2 is 1.88 bits per heavy atom. The van der Waals surface area contributed by atoms with Gasteiger partial charge in [0.2, 0.25) is 0 Å². The number of ether oxygens (including phenoxy) is 2. The van der Waals surface area contributed by atoms with Crippen LogP contribution in [0.1, 0.15) is 30.9 Å². The second-order valence-corrected chi connectivity index (χ2v) is 8.77. The van der Waals surface area contributed by atoms with E-state index in [1.807, 2.05) is 49.4 Å². The number of methoxy groups -OCH3 is 1. The van der Waals surface area contributed by atoms with Crippen LogP contribution >= 0.6 is 11.8 Å². The first-order valence-corrected chi connectivity index (χ1v) is 11.4. The second-order valence-electron chi connectivity index (χ2n) is 7.83. The Morgan fingerprint density at radius 3 is 2.58 bits per heavy atom. The molecule has 0 atom stereocenters. The predicted octanol–water partition coefficient (Wildman–Crippen LogP) is 4.22. The summed E-state index contributed by atoms with van der Waals surface area (Å²) < 4.78 is 12.3. The van der Waals surface area contributed by atoms with Crippen LogP contribution in [-0.2, 0) is 4.79 Å². The molecule has 0 aliphatic carbocycles. The van der Waals surface area contributed by atoms with Gasteiger partial charge in [0.1, 0.15) is 11.5 Å². The van der Waals surface area contributed by atoms with Crippen molar-refractivity contribution in [2.24, 2.45) is 0 Å². The van der Waals surface area contributed by atoms with Crippen LogP contribution in [0, 0.1) is 6.92 Å². The molecule has 1 N–H and O–H groups in total. The zero-order valence-electron chi connectivity index (χ0n) is 18.8. The summed E-state index contributed by atoms with van der Waals surface area (Å²) >= 11 is 1.17. The van der Waals surface area contributed by atoms with E-state index in [9.17, 15) is 9.59 Å². The summed E-state index contributed by atoms with van der Waals surface area (Å²) in [5, 5.41) is 3.10. The summed E-state index contributed by atoms with van der Waals surface area (Å²) in [5.41, 5.74) is 2.86. The smallest absolute Gasteiger partial charge is 0.321 e. The Kier molecular flexibility index (Phi) is 6.50. The van der Waals surface area contributed by atoms with Crippen LogP contribution in [0.15, 0.2) is 58.5 Å². The van der Waals surface area contributed by atoms with Gasteiger partial charge in [0.25, 0.3) is 5.56 Å². The molecule has 0 amide bonds. The lowest BCUT2D eigenvalue weighted by Gasteiger charge is -2.13. The molecule has 33 heavy (non-hydrogen) atoms. The van der Waals surface area contributed by atoms with Crippen LogP contribution in [0.5, 0.6) is 11.5 Å². The number of benzene rings is 2. The summed E-state index contributed by atoms with van der Waals surface area (Å²) in [7, 11) is 1.60. The minimum absolute atomic E-state index is 0.0137. The molecule has 0 fully saturated rings. The number of aromatic nitrogens is 4. The highest BCUT2D eigenvalue weighted by molar-refractivity contribution is 7.99. The van der Waals surface area contributed by atoms with E-state index in [1.54, 1.807) is 7.11 Å². The third kappa shape index (κ3) is 5.09. The third-order valence-corrected chi connectivity index (χ3v) is 5.92. The van der Waals surface area contributed by atoms with Crippen LogP contribution < -0.4 is 15.0 Å². The Morgan fingerprint density at radius 1 is 1.12 bits per heavy atom. The van der Waals surface area contributed by atoms with Gasteiger partial charge in [0.15, 0.2) is 16.6 Å². The lowest BCUT2D eigenvalue weighted by molar-refractivity contribution is -0.131. The molecule has 4 aromatic rings. The molecule has 2 heterocycles. The largest absolute Gasteiger partial charge is 0.497 e. The number of nitrogens with one attached hydrogen (secondary N) is 1. The molecule has 0 spiro atoms. The molecule has 170 valence electrons. The van der Waals surface area contributed by atoms with Crippen molar-refractivity contribution in [1.82, 2.24) is 19.6 Å². The van der Waals surface area contributed by atoms with Crippen LogP contribution in [0.2, 0.25) is 0 Å². The number of rotatable bonds is 7. The third-order valence-electron chi connectivity index (χ3n) is 5.01. The van der Waals surface area contributed by atoms with E-state index in [4.69, 9.17) is 9.47 Å². The van der Waals surface area contributed by atoms with Crippen molar-refractivity contribution in [3.8, 4) is 22.9 Å². The fraction of sp³-hybridized carbons (Fsp3) is 0.250. The molecule has 0 saturated carbocycles. The first-order chi connectivity index (χ1) is 15.8. The van der Waals surface area contributed by atoms with E-state index in [1.165, 1.54) is 22.3 Å². The van der Waals surface area contributed by atoms with Gasteiger partial charge in [-0.05, 0) is 54.3 Å². The molecule has 0 radical (unpaired) electrons. The number of aromatic amines is 1. The van der Waals surface area contributed by atoms with Crippen molar-refractivity contribution in [3.63, 3.8) is 0 Å². The van der Waals surface area contributed by atoms with Crippen molar-refractivity contribution in [2.45, 2.75) is 31.8 Å². The molecule has 8 nitrogen and oxygen atoms in total. The standard InChI is InChI=1S/C24H24N4O4S/c1-14(2)18-10-5-15(3)11-19(18)32-22(30)13-33-24-26-23(16-6-8-17(31-4)9-7-16)25-20-12-21(29)27-28(20)24/h5-12,14H,13H2,1-4H3,(H,27,29). The minimum atomic E-state index is -0.403. The lowest BCUT2D eigenvalue weighted by atomic mass is 10.0. The number of nitrogens with zero attached hydrogens (tertiary/aromatic N) is 3. The normalized spacial score (nSPS) is 11.2. The molecular formula is C24H24N4O4S. The van der Waals surface area contributed by atoms with E-state index < -0.39 is 5.97 Å². The number of fused-ring (bicyclic) bond motifs is 1. The van der Waals surface area contributed by atoms with E-state index in [0.717, 1.165) is 16.7 Å². The first kappa shape index (κ1) is 22.6. The topological polar surface area (TPSA) is 98.6 Å². The Labute approximate surface area is 195 Å². The Balaban J connectivity index is 1.59. The van der Waals surface area contributed by atoms with Gasteiger partial charge in [0.05, 0.1) is 12.9 Å². The summed E-state index contributed by atoms with van der Waals surface area (Å²) in [6.45, 7) is 6.06. The molecule has 0 saturated heterocycles. The highest BCUT2D eigenvalue weighted by Gasteiger charge is 2.16. The highest BCUT2D eigenvalue weighted by atomic mass is 32.2. The van der Waals surface area contributed by atoms with Gasteiger partial charge >= 0.3 is 5.97 Å². The summed E-state index contributed by atoms with van der Waals surface area (Å²) in [5.74, 6) is 1.55. The maximum Gasteiger partial charge on any atom is 0.321 e. The van der Waals surface area contributed by atoms with Gasteiger partial charge in [0, 0.05) is 11.6 Å². The maximum absolute atomic E-state index is 12.7. The summed E-state index contributed by atoms with van der Waals surface area (Å²) in [6.07, 6.45) is 0. The number of carbonyl (C=O) groups excluding carboxylic acids is 1. The number of esters is 1. The van der Waals surface area contributed by atoms with E-state index >= 15 is 0 Å². The fourth-order valence-electron chi connectivity index (χ4n) is 3.33. The second kappa shape index (κ2) is 9.50. The monoisotopic (exact) mass is 464 g/mol. The fourth-order valence-corrected chi connectivity index (χ4v) is 4.06. The van der Waals surface area contributed by atoms with Crippen molar-refractivity contribution < 1.29 is 14.3 Å². The molecule has 0 aliphatic heterocycles. The maximum atomic E-state index is 12.7. The molecule has 9 heteroatoms. The summed E-state index contributed by atoms with van der Waals surface area (Å²) in [6, 6.07) is 14.5. The average molecular weight is 465 g/mol. The SMILES string of the molecule is COc1ccc(-c2nc(SCC(=O)Oc3cc(C)ccc3C(C)C)n3[nH]c(=O)cc3n2)cc1. The van der Waals surface area contributed by atoms with E-state index in [-0.39, 0.29) is 17.2 Å². The van der Waals surface area contributed by atoms with Gasteiger partial charge in [-0.2, -0.15) is 0 Å². The number of thioether (sulfide) groups is 1. The molecule has 0 bridgehead atoms. The number of aryl methyl sites for hydroxylation is 1. The van der Waals surface area contributed by atoms with Crippen molar-refractivity contribution >= 4 is 23.4 Å². The van der Waals surface area contributed by atoms with Crippen molar-refractivity contribution in [2.75, 3.05) is 12.9 Å². The zero-order chi connectivity index (χ0) is 23.5. The highest BCUT2D eigenvalue weighted by Crippen LogP contribution is 2.28. The first-order valence-electron chi connectivity index (χ1n) is 10.4. The summed E-state index contributed by atoms with van der Waals surface area (Å²) in [4.78, 5) is 33.6. The van der Waals surface area contributed by atoms with Crippen LogP contribution in [0.4, 0.5) is 0 Å². The number of H-pyrrole nitrogens is 1. The Bertz CT molecular complexity index is 1360. The van der Waals surface area contributed by atoms with Crippen LogP contribution in [0.25, 0.3) is 17.0 Å². The van der Waals surface area contributed by atoms with E-state index in [2.05, 4.69) is 28.9 Å². The molecule has 4 rings (SSSR count). The van der Waals surface area contributed by atoms with Gasteiger partial charge in [-0.25, -0.2) is 14.5 Å². The molecule has 2 aromatic carbocycles. The van der Waals surface area contributed by atoms with Crippen LogP contribution in [-0.4, -0.2) is 38.4 Å². The number of hydrogen-bond donors (Lipinski definition) is 1. The number of carbonyl (C=O) groups is 1. The quantitative estimate of drug-likeness (QED) is 0.248. The average Bonchev–Trinajstić information content (AvgIpc) is 3.17. The van der Waals surface area contributed by atoms with Crippen molar-refractivity contribution in [1.29, 1.82) is 0 Å². The molecule has 0 unspecified atom stereocenters. The predicted molar refractivity (Wildman–Crippen MR) is 127 cm³/mol. The van der Waals surface area contributed by atoms with E-state index in [0.29, 0.717) is 28.1 Å².